The second-order valence-corrected chi connectivity index (χ2v) is 14.3. The van der Waals surface area contributed by atoms with Crippen molar-refractivity contribution in [1.29, 1.82) is 0 Å². The molecule has 0 fully saturated rings. The van der Waals surface area contributed by atoms with E-state index in [0.29, 0.717) is 27.1 Å². The summed E-state index contributed by atoms with van der Waals surface area (Å²) in [7, 11) is 0. The summed E-state index contributed by atoms with van der Waals surface area (Å²) in [6, 6.07) is 17.5. The number of allylic oxidation sites excluding steroid dienone is 1. The van der Waals surface area contributed by atoms with Gasteiger partial charge in [-0.15, -0.1) is 11.3 Å². The zero-order valence-corrected chi connectivity index (χ0v) is 29.0. The fourth-order valence-corrected chi connectivity index (χ4v) is 6.23. The third kappa shape index (κ3) is 9.09. The highest BCUT2D eigenvalue weighted by molar-refractivity contribution is 7.14. The lowest BCUT2D eigenvalue weighted by atomic mass is 9.95. The van der Waals surface area contributed by atoms with E-state index >= 15 is 4.39 Å². The van der Waals surface area contributed by atoms with Crippen LogP contribution in [-0.4, -0.2) is 41.2 Å². The Balaban J connectivity index is 1.25. The van der Waals surface area contributed by atoms with Crippen LogP contribution in [0.3, 0.4) is 0 Å². The first-order chi connectivity index (χ1) is 24.0. The summed E-state index contributed by atoms with van der Waals surface area (Å²) in [5.74, 6) is -2.84. The van der Waals surface area contributed by atoms with E-state index < -0.39 is 53.6 Å². The summed E-state index contributed by atoms with van der Waals surface area (Å²) in [6.45, 7) is 7.44. The van der Waals surface area contributed by atoms with Gasteiger partial charge in [0, 0.05) is 34.8 Å². The standard InChI is InChI=1S/C38H36F4N4O4S/c1-21(36(49)50)45-34(47)30(46-35(48)31-15-16-32(51-31)37(2,3)4)17-22-5-7-24(8-6-22)33-43-19-26(20-44-33)28-14-11-25(18-29(28)39)23-9-12-27(13-10-23)38(40,41)42/h5-16,18-21,30,33,43H,17H2,1-4H3,(H,45,47)(H,46,48)(H,49,50)/t21-,30+,33?/m1/s1. The number of rotatable bonds is 10. The van der Waals surface area contributed by atoms with Gasteiger partial charge in [0.2, 0.25) is 5.91 Å². The van der Waals surface area contributed by atoms with Crippen molar-refractivity contribution in [2.75, 3.05) is 0 Å². The molecule has 0 aliphatic carbocycles. The molecule has 4 aromatic rings. The molecule has 0 saturated heterocycles. The maximum Gasteiger partial charge on any atom is 0.416 e. The van der Waals surface area contributed by atoms with Crippen molar-refractivity contribution >= 4 is 40.9 Å². The molecule has 3 aromatic carbocycles. The Morgan fingerprint density at radius 1 is 0.922 bits per heavy atom. The van der Waals surface area contributed by atoms with Gasteiger partial charge >= 0.3 is 12.1 Å². The SMILES string of the molecule is C[C@@H](NC(=O)[C@H](Cc1ccc(C2N=CC(c3ccc(-c4ccc(C(F)(F)F)cc4)cc3F)=CN2)cc1)NC(=O)c1ccc(C(C)(C)C)s1)C(=O)O. The molecular formula is C38H36F4N4O4S. The average molecular weight is 721 g/mol. The molecule has 0 radical (unpaired) electrons. The molecule has 1 unspecified atom stereocenters. The number of alkyl halides is 3. The van der Waals surface area contributed by atoms with Crippen molar-refractivity contribution in [1.82, 2.24) is 16.0 Å². The van der Waals surface area contributed by atoms with Gasteiger partial charge in [0.1, 0.15) is 24.1 Å². The molecule has 1 aromatic heterocycles. The number of carboxylic acids is 1. The summed E-state index contributed by atoms with van der Waals surface area (Å²) >= 11 is 1.33. The van der Waals surface area contributed by atoms with Gasteiger partial charge in [-0.3, -0.25) is 19.4 Å². The van der Waals surface area contributed by atoms with Crippen molar-refractivity contribution in [3.8, 4) is 11.1 Å². The Hall–Kier alpha value is -5.30. The van der Waals surface area contributed by atoms with E-state index in [1.165, 1.54) is 42.7 Å². The lowest BCUT2D eigenvalue weighted by molar-refractivity contribution is -0.141. The number of carbonyl (C=O) groups is 3. The van der Waals surface area contributed by atoms with E-state index in [2.05, 4.69) is 20.9 Å². The maximum absolute atomic E-state index is 15.2. The fraction of sp³-hybridized carbons (Fsp3) is 0.263. The minimum atomic E-state index is -4.46. The molecule has 13 heteroatoms. The molecule has 0 bridgehead atoms. The number of carbonyl (C=O) groups excluding carboxylic acids is 2. The maximum atomic E-state index is 15.2. The van der Waals surface area contributed by atoms with Crippen LogP contribution in [0.15, 0.2) is 90.1 Å². The summed E-state index contributed by atoms with van der Waals surface area (Å²) in [6.07, 6.45) is -1.71. The topological polar surface area (TPSA) is 120 Å². The molecule has 1 aliphatic rings. The lowest BCUT2D eigenvalue weighted by Crippen LogP contribution is -2.51. The van der Waals surface area contributed by atoms with Crippen LogP contribution in [0.2, 0.25) is 0 Å². The summed E-state index contributed by atoms with van der Waals surface area (Å²) in [5, 5.41) is 17.6. The third-order valence-electron chi connectivity index (χ3n) is 8.24. The number of benzene rings is 3. The quantitative estimate of drug-likeness (QED) is 0.127. The summed E-state index contributed by atoms with van der Waals surface area (Å²) < 4.78 is 53.9. The van der Waals surface area contributed by atoms with Crippen LogP contribution >= 0.6 is 11.3 Å². The highest BCUT2D eigenvalue weighted by Gasteiger charge is 2.30. The van der Waals surface area contributed by atoms with Crippen molar-refractivity contribution < 1.29 is 37.1 Å². The van der Waals surface area contributed by atoms with E-state index in [0.717, 1.165) is 22.6 Å². The molecule has 51 heavy (non-hydrogen) atoms. The number of thiophene rings is 1. The number of carboxylic acid groups (broad SMARTS) is 1. The molecule has 3 atom stereocenters. The Labute approximate surface area is 296 Å². The fourth-order valence-electron chi connectivity index (χ4n) is 5.26. The van der Waals surface area contributed by atoms with Gasteiger partial charge in [0.25, 0.3) is 5.91 Å². The van der Waals surface area contributed by atoms with Crippen LogP contribution in [0.4, 0.5) is 17.6 Å². The monoisotopic (exact) mass is 720 g/mol. The number of hydrogen-bond acceptors (Lipinski definition) is 6. The number of nitrogens with one attached hydrogen (secondary N) is 3. The second kappa shape index (κ2) is 14.9. The number of halogens is 4. The molecule has 8 nitrogen and oxygen atoms in total. The van der Waals surface area contributed by atoms with E-state index in [-0.39, 0.29) is 17.4 Å². The lowest BCUT2D eigenvalue weighted by Gasteiger charge is -2.21. The van der Waals surface area contributed by atoms with Crippen LogP contribution in [0.5, 0.6) is 0 Å². The predicted molar refractivity (Wildman–Crippen MR) is 189 cm³/mol. The van der Waals surface area contributed by atoms with Gasteiger partial charge in [-0.2, -0.15) is 13.2 Å². The molecule has 0 saturated carbocycles. The molecule has 4 N–H and O–H groups in total. The van der Waals surface area contributed by atoms with Crippen LogP contribution in [0, 0.1) is 5.82 Å². The van der Waals surface area contributed by atoms with Crippen molar-refractivity contribution in [3.05, 3.63) is 123 Å². The van der Waals surface area contributed by atoms with Gasteiger partial charge in [0.15, 0.2) is 0 Å². The van der Waals surface area contributed by atoms with Gasteiger partial charge in [0.05, 0.1) is 10.4 Å². The highest BCUT2D eigenvalue weighted by Crippen LogP contribution is 2.33. The van der Waals surface area contributed by atoms with Gasteiger partial charge in [-0.1, -0.05) is 69.3 Å². The number of aliphatic imine (C=N–C) groups is 1. The molecular weight excluding hydrogens is 685 g/mol. The van der Waals surface area contributed by atoms with E-state index in [4.69, 9.17) is 0 Å². The first-order valence-corrected chi connectivity index (χ1v) is 16.8. The van der Waals surface area contributed by atoms with Gasteiger partial charge < -0.3 is 21.1 Å². The largest absolute Gasteiger partial charge is 0.480 e. The molecule has 2 heterocycles. The van der Waals surface area contributed by atoms with Crippen LogP contribution in [0.1, 0.15) is 70.7 Å². The number of nitrogens with zero attached hydrogens (tertiary/aromatic N) is 1. The summed E-state index contributed by atoms with van der Waals surface area (Å²) in [5.41, 5.74) is 2.14. The number of aliphatic carboxylic acids is 1. The van der Waals surface area contributed by atoms with Crippen molar-refractivity contribution in [2.45, 2.75) is 64.0 Å². The Morgan fingerprint density at radius 2 is 1.59 bits per heavy atom. The zero-order chi connectivity index (χ0) is 37.1. The summed E-state index contributed by atoms with van der Waals surface area (Å²) in [4.78, 5) is 43.6. The second-order valence-electron chi connectivity index (χ2n) is 13.2. The minimum Gasteiger partial charge on any atom is -0.480 e. The Bertz CT molecular complexity index is 1980. The Kier molecular flexibility index (Phi) is 10.8. The van der Waals surface area contributed by atoms with E-state index in [9.17, 15) is 32.7 Å². The molecule has 0 spiro atoms. The predicted octanol–water partition coefficient (Wildman–Crippen LogP) is 7.51. The van der Waals surface area contributed by atoms with E-state index in [1.54, 1.807) is 48.7 Å². The molecule has 5 rings (SSSR count). The molecule has 1 aliphatic heterocycles. The van der Waals surface area contributed by atoms with Crippen molar-refractivity contribution in [2.24, 2.45) is 4.99 Å². The minimum absolute atomic E-state index is 0.0921. The number of hydrogen-bond donors (Lipinski definition) is 4. The van der Waals surface area contributed by atoms with Crippen LogP contribution in [-0.2, 0) is 27.6 Å². The molecule has 2 amide bonds. The number of amides is 2. The van der Waals surface area contributed by atoms with Crippen LogP contribution < -0.4 is 16.0 Å². The van der Waals surface area contributed by atoms with Gasteiger partial charge in [-0.25, -0.2) is 4.39 Å². The smallest absolute Gasteiger partial charge is 0.416 e. The average Bonchev–Trinajstić information content (AvgIpc) is 3.60. The normalized spacial score (nSPS) is 15.7. The van der Waals surface area contributed by atoms with Gasteiger partial charge in [-0.05, 0) is 64.9 Å². The van der Waals surface area contributed by atoms with Crippen molar-refractivity contribution in [3.63, 3.8) is 0 Å². The van der Waals surface area contributed by atoms with Crippen LogP contribution in [0.25, 0.3) is 16.7 Å². The molecule has 266 valence electrons. The Morgan fingerprint density at radius 3 is 2.14 bits per heavy atom. The first kappa shape index (κ1) is 37.0. The van der Waals surface area contributed by atoms with E-state index in [1.807, 2.05) is 26.8 Å². The third-order valence-corrected chi connectivity index (χ3v) is 9.75. The zero-order valence-electron chi connectivity index (χ0n) is 28.1. The highest BCUT2D eigenvalue weighted by atomic mass is 32.1. The first-order valence-electron chi connectivity index (χ1n) is 16.0.